The van der Waals surface area contributed by atoms with Crippen LogP contribution >= 0.6 is 0 Å². The first kappa shape index (κ1) is 19.7. The standard InChI is InChI=1S/C14H16.C11H12O/c1-12-6-8-14(9-7-12)11-10-13-4-2-3-5-13;1-9-5-3-4-6-11(9)10(2)7-8-12/h2-4,6,8-9,12H,7,10-11H2,1H3;3-8H,1-2H3/b;10-7+. The SMILES string of the molecule is C/C(=C\C=O)c1ccccc1C.CC1C=CC(CCC2=C=CC=C2)=CC1. The van der Waals surface area contributed by atoms with Gasteiger partial charge in [-0.15, -0.1) is 5.73 Å². The highest BCUT2D eigenvalue weighted by molar-refractivity contribution is 5.81. The predicted molar refractivity (Wildman–Crippen MR) is 112 cm³/mol. The van der Waals surface area contributed by atoms with Gasteiger partial charge in [0.1, 0.15) is 6.29 Å². The number of hydrogen-bond acceptors (Lipinski definition) is 1. The van der Waals surface area contributed by atoms with Gasteiger partial charge in [0.15, 0.2) is 0 Å². The summed E-state index contributed by atoms with van der Waals surface area (Å²) in [5, 5.41) is 0. The third kappa shape index (κ3) is 6.35. The first-order valence-electron chi connectivity index (χ1n) is 9.27. The number of hydrogen-bond donors (Lipinski definition) is 0. The molecule has 1 nitrogen and oxygen atoms in total. The van der Waals surface area contributed by atoms with Gasteiger partial charge in [-0.1, -0.05) is 67.1 Å². The number of rotatable bonds is 5. The molecule has 1 unspecified atom stereocenters. The maximum atomic E-state index is 10.2. The lowest BCUT2D eigenvalue weighted by molar-refractivity contribution is -0.104. The van der Waals surface area contributed by atoms with Crippen molar-refractivity contribution in [2.75, 3.05) is 0 Å². The average molecular weight is 344 g/mol. The smallest absolute Gasteiger partial charge is 0.143 e. The van der Waals surface area contributed by atoms with Crippen molar-refractivity contribution < 1.29 is 4.79 Å². The maximum absolute atomic E-state index is 10.2. The highest BCUT2D eigenvalue weighted by atomic mass is 16.1. The van der Waals surface area contributed by atoms with E-state index in [2.05, 4.69) is 43.0 Å². The van der Waals surface area contributed by atoms with Crippen LogP contribution in [-0.2, 0) is 4.79 Å². The Morgan fingerprint density at radius 2 is 2.04 bits per heavy atom. The van der Waals surface area contributed by atoms with Crippen molar-refractivity contribution in [3.8, 4) is 0 Å². The van der Waals surface area contributed by atoms with E-state index < -0.39 is 0 Å². The van der Waals surface area contributed by atoms with Crippen molar-refractivity contribution in [3.05, 3.63) is 94.8 Å². The van der Waals surface area contributed by atoms with Crippen LogP contribution in [0.1, 0.15) is 44.2 Å². The molecule has 0 saturated heterocycles. The van der Waals surface area contributed by atoms with Crippen molar-refractivity contribution >= 4 is 11.9 Å². The molecule has 2 aliphatic rings. The van der Waals surface area contributed by atoms with Crippen LogP contribution in [0.15, 0.2) is 83.7 Å². The van der Waals surface area contributed by atoms with E-state index in [1.54, 1.807) is 6.08 Å². The third-order valence-corrected chi connectivity index (χ3v) is 4.62. The molecule has 1 atom stereocenters. The Kier molecular flexibility index (Phi) is 7.86. The molecule has 1 heteroatoms. The second kappa shape index (κ2) is 10.4. The lowest BCUT2D eigenvalue weighted by atomic mass is 9.95. The van der Waals surface area contributed by atoms with Crippen LogP contribution in [-0.4, -0.2) is 6.29 Å². The van der Waals surface area contributed by atoms with Crippen LogP contribution in [0.2, 0.25) is 0 Å². The fourth-order valence-electron chi connectivity index (χ4n) is 2.97. The third-order valence-electron chi connectivity index (χ3n) is 4.62. The Balaban J connectivity index is 0.000000190. The van der Waals surface area contributed by atoms with E-state index in [1.165, 1.54) is 23.1 Å². The number of allylic oxidation sites excluding steroid dienone is 9. The number of aryl methyl sites for hydroxylation is 1. The van der Waals surface area contributed by atoms with Gasteiger partial charge >= 0.3 is 0 Å². The number of carbonyl (C=O) groups is 1. The van der Waals surface area contributed by atoms with E-state index in [0.717, 1.165) is 36.2 Å². The zero-order chi connectivity index (χ0) is 18.8. The lowest BCUT2D eigenvalue weighted by Gasteiger charge is -2.11. The molecule has 1 aromatic carbocycles. The monoisotopic (exact) mass is 344 g/mol. The molecule has 0 saturated carbocycles. The summed E-state index contributed by atoms with van der Waals surface area (Å²) in [6, 6.07) is 8.03. The molecular weight excluding hydrogens is 316 g/mol. The summed E-state index contributed by atoms with van der Waals surface area (Å²) in [5.74, 6) is 0.726. The predicted octanol–water partition coefficient (Wildman–Crippen LogP) is 6.54. The molecule has 0 heterocycles. The minimum absolute atomic E-state index is 0.726. The van der Waals surface area contributed by atoms with E-state index in [-0.39, 0.29) is 0 Å². The summed E-state index contributed by atoms with van der Waals surface area (Å²) < 4.78 is 0. The molecule has 3 rings (SSSR count). The van der Waals surface area contributed by atoms with Crippen molar-refractivity contribution in [2.45, 2.75) is 40.0 Å². The highest BCUT2D eigenvalue weighted by Gasteiger charge is 2.04. The molecule has 26 heavy (non-hydrogen) atoms. The Morgan fingerprint density at radius 1 is 1.23 bits per heavy atom. The van der Waals surface area contributed by atoms with E-state index in [0.29, 0.717) is 0 Å². The van der Waals surface area contributed by atoms with Crippen LogP contribution < -0.4 is 0 Å². The zero-order valence-corrected chi connectivity index (χ0v) is 16.0. The van der Waals surface area contributed by atoms with Crippen molar-refractivity contribution in [3.63, 3.8) is 0 Å². The molecule has 0 fully saturated rings. The molecule has 0 aromatic heterocycles. The van der Waals surface area contributed by atoms with Gasteiger partial charge in [-0.25, -0.2) is 0 Å². The minimum Gasteiger partial charge on any atom is -0.299 e. The summed E-state index contributed by atoms with van der Waals surface area (Å²) in [7, 11) is 0. The Bertz CT molecular complexity index is 808. The molecule has 0 amide bonds. The van der Waals surface area contributed by atoms with Crippen molar-refractivity contribution in [2.24, 2.45) is 5.92 Å². The molecular formula is C25H28O. The molecule has 0 radical (unpaired) electrons. The first-order chi connectivity index (χ1) is 12.6. The topological polar surface area (TPSA) is 17.1 Å². The minimum atomic E-state index is 0.726. The summed E-state index contributed by atoms with van der Waals surface area (Å²) in [6.45, 7) is 6.24. The zero-order valence-electron chi connectivity index (χ0n) is 16.0. The fraction of sp³-hybridized carbons (Fsp3) is 0.280. The lowest BCUT2D eigenvalue weighted by Crippen LogP contribution is -1.94. The maximum Gasteiger partial charge on any atom is 0.143 e. The quantitative estimate of drug-likeness (QED) is 0.337. The summed E-state index contributed by atoms with van der Waals surface area (Å²) in [6.07, 6.45) is 19.0. The Morgan fingerprint density at radius 3 is 2.65 bits per heavy atom. The average Bonchev–Trinajstić information content (AvgIpc) is 3.16. The molecule has 2 aliphatic carbocycles. The van der Waals surface area contributed by atoms with Crippen LogP contribution in [0.5, 0.6) is 0 Å². The highest BCUT2D eigenvalue weighted by Crippen LogP contribution is 2.21. The molecule has 0 N–H and O–H groups in total. The van der Waals surface area contributed by atoms with Crippen LogP contribution in [0, 0.1) is 12.8 Å². The second-order valence-corrected chi connectivity index (χ2v) is 6.85. The number of aldehydes is 1. The molecule has 0 bridgehead atoms. The summed E-state index contributed by atoms with van der Waals surface area (Å²) >= 11 is 0. The first-order valence-corrected chi connectivity index (χ1v) is 9.27. The normalized spacial score (nSPS) is 18.1. The molecule has 0 spiro atoms. The van der Waals surface area contributed by atoms with Crippen LogP contribution in [0.4, 0.5) is 0 Å². The summed E-state index contributed by atoms with van der Waals surface area (Å²) in [5.41, 5.74) is 9.41. The number of carbonyl (C=O) groups excluding carboxylic acids is 1. The fourth-order valence-corrected chi connectivity index (χ4v) is 2.97. The van der Waals surface area contributed by atoms with Gasteiger partial charge in [0.25, 0.3) is 0 Å². The number of benzene rings is 1. The van der Waals surface area contributed by atoms with E-state index in [4.69, 9.17) is 0 Å². The largest absolute Gasteiger partial charge is 0.299 e. The van der Waals surface area contributed by atoms with E-state index in [9.17, 15) is 4.79 Å². The van der Waals surface area contributed by atoms with Crippen LogP contribution in [0.3, 0.4) is 0 Å². The van der Waals surface area contributed by atoms with Crippen molar-refractivity contribution in [1.29, 1.82) is 0 Å². The Labute approximate surface area is 157 Å². The molecule has 0 aliphatic heterocycles. The summed E-state index contributed by atoms with van der Waals surface area (Å²) in [4.78, 5) is 10.2. The van der Waals surface area contributed by atoms with Gasteiger partial charge in [-0.2, -0.15) is 0 Å². The van der Waals surface area contributed by atoms with Crippen molar-refractivity contribution in [1.82, 2.24) is 0 Å². The molecule has 1 aromatic rings. The Hall–Kier alpha value is -2.63. The van der Waals surface area contributed by atoms with E-state index in [1.807, 2.05) is 44.2 Å². The van der Waals surface area contributed by atoms with Crippen LogP contribution in [0.25, 0.3) is 5.57 Å². The van der Waals surface area contributed by atoms with Gasteiger partial charge in [0.05, 0.1) is 0 Å². The second-order valence-electron chi connectivity index (χ2n) is 6.85. The molecule has 134 valence electrons. The van der Waals surface area contributed by atoms with E-state index >= 15 is 0 Å². The van der Waals surface area contributed by atoms with Gasteiger partial charge in [0, 0.05) is 0 Å². The van der Waals surface area contributed by atoms with Gasteiger partial charge in [-0.05, 0) is 73.5 Å². The van der Waals surface area contributed by atoms with Gasteiger partial charge in [-0.3, -0.25) is 4.79 Å². The van der Waals surface area contributed by atoms with Gasteiger partial charge < -0.3 is 0 Å². The van der Waals surface area contributed by atoms with Gasteiger partial charge in [0.2, 0.25) is 0 Å².